The van der Waals surface area contributed by atoms with Crippen molar-refractivity contribution >= 4 is 5.78 Å². The van der Waals surface area contributed by atoms with E-state index in [2.05, 4.69) is 0 Å². The van der Waals surface area contributed by atoms with Crippen molar-refractivity contribution < 1.29 is 4.79 Å². The number of ketones is 1. The molecule has 0 radical (unpaired) electrons. The molecule has 0 unspecified atom stereocenters. The molecule has 4 N–H and O–H groups in total. The molecule has 1 atom stereocenters. The molecule has 1 aliphatic rings. The number of carbonyl (C=O) groups excluding carboxylic acids is 1. The van der Waals surface area contributed by atoms with Crippen molar-refractivity contribution in [2.45, 2.75) is 32.2 Å². The van der Waals surface area contributed by atoms with E-state index in [1.807, 2.05) is 13.8 Å². The minimum Gasteiger partial charge on any atom is -0.396 e. The van der Waals surface area contributed by atoms with Crippen LogP contribution in [-0.2, 0) is 4.79 Å². The maximum absolute atomic E-state index is 11.1. The van der Waals surface area contributed by atoms with Gasteiger partial charge in [0.25, 0.3) is 0 Å². The van der Waals surface area contributed by atoms with Crippen molar-refractivity contribution in [1.29, 1.82) is 0 Å². The Bertz CT molecular complexity index is 228. The van der Waals surface area contributed by atoms with Crippen LogP contribution in [0.25, 0.3) is 0 Å². The number of rotatable bonds is 0. The van der Waals surface area contributed by atoms with Crippen LogP contribution < -0.4 is 11.5 Å². The van der Waals surface area contributed by atoms with Crippen LogP contribution in [0.1, 0.15) is 26.7 Å². The zero-order valence-electron chi connectivity index (χ0n) is 6.98. The van der Waals surface area contributed by atoms with Crippen molar-refractivity contribution in [3.8, 4) is 0 Å². The predicted octanol–water partition coefficient (Wildman–Crippen LogP) is 0.299. The predicted molar refractivity (Wildman–Crippen MR) is 43.7 cm³/mol. The van der Waals surface area contributed by atoms with Gasteiger partial charge < -0.3 is 11.5 Å². The van der Waals surface area contributed by atoms with Crippen LogP contribution >= 0.6 is 0 Å². The fraction of sp³-hybridized carbons (Fsp3) is 0.625. The Balaban J connectivity index is 3.07. The summed E-state index contributed by atoms with van der Waals surface area (Å²) in [5.41, 5.74) is 12.2. The summed E-state index contributed by atoms with van der Waals surface area (Å²) in [5.74, 6) is 0.0328. The van der Waals surface area contributed by atoms with Gasteiger partial charge in [0.05, 0.1) is 5.70 Å². The lowest BCUT2D eigenvalue weighted by Gasteiger charge is -2.30. The molecule has 3 heteroatoms. The maximum atomic E-state index is 11.1. The lowest BCUT2D eigenvalue weighted by Crippen LogP contribution is -2.43. The molecule has 0 aliphatic heterocycles. The number of Topliss-reactive ketones (excluding diaryl/α,β-unsaturated/α-hetero) is 1. The lowest BCUT2D eigenvalue weighted by molar-refractivity contribution is -0.116. The van der Waals surface area contributed by atoms with Crippen LogP contribution in [0.3, 0.4) is 0 Å². The summed E-state index contributed by atoms with van der Waals surface area (Å²) in [7, 11) is 0. The summed E-state index contributed by atoms with van der Waals surface area (Å²) >= 11 is 0. The normalized spacial score (nSPS) is 32.8. The van der Waals surface area contributed by atoms with Gasteiger partial charge in [-0.2, -0.15) is 0 Å². The first kappa shape index (κ1) is 8.27. The minimum absolute atomic E-state index is 0.0328. The Morgan fingerprint density at radius 3 is 2.55 bits per heavy atom. The molecule has 1 rings (SSSR count). The van der Waals surface area contributed by atoms with E-state index in [9.17, 15) is 4.79 Å². The molecule has 0 saturated heterocycles. The molecule has 0 spiro atoms. The van der Waals surface area contributed by atoms with Gasteiger partial charge in [0.15, 0.2) is 5.78 Å². The number of hydrogen-bond donors (Lipinski definition) is 2. The van der Waals surface area contributed by atoms with Crippen LogP contribution in [0.4, 0.5) is 0 Å². The van der Waals surface area contributed by atoms with E-state index < -0.39 is 0 Å². The van der Waals surface area contributed by atoms with Gasteiger partial charge in [-0.1, -0.05) is 0 Å². The molecule has 0 aromatic carbocycles. The van der Waals surface area contributed by atoms with Gasteiger partial charge in [-0.3, -0.25) is 4.79 Å². The number of carbonyl (C=O) groups is 1. The van der Waals surface area contributed by atoms with Gasteiger partial charge in [0, 0.05) is 12.0 Å². The van der Waals surface area contributed by atoms with Gasteiger partial charge in [-0.05, 0) is 25.8 Å². The standard InChI is InChI=1S/C8H14N2O/c1-5-7(9)6(11)3-4-8(5,2)10/h3-4,9-10H2,1-2H3/t8-/m1/s1. The van der Waals surface area contributed by atoms with E-state index in [0.29, 0.717) is 18.5 Å². The largest absolute Gasteiger partial charge is 0.396 e. The quantitative estimate of drug-likeness (QED) is 0.527. The van der Waals surface area contributed by atoms with E-state index >= 15 is 0 Å². The number of hydrogen-bond acceptors (Lipinski definition) is 3. The van der Waals surface area contributed by atoms with Crippen LogP contribution in [0, 0.1) is 0 Å². The van der Waals surface area contributed by atoms with Crippen molar-refractivity contribution in [2.75, 3.05) is 0 Å². The first-order chi connectivity index (χ1) is 4.95. The molecule has 0 amide bonds. The van der Waals surface area contributed by atoms with Crippen molar-refractivity contribution in [3.05, 3.63) is 11.3 Å². The van der Waals surface area contributed by atoms with E-state index in [1.165, 1.54) is 0 Å². The molecular formula is C8H14N2O. The summed E-state index contributed by atoms with van der Waals surface area (Å²) in [5, 5.41) is 0. The molecule has 62 valence electrons. The van der Waals surface area contributed by atoms with Crippen molar-refractivity contribution in [2.24, 2.45) is 11.5 Å². The highest BCUT2D eigenvalue weighted by molar-refractivity contribution is 5.96. The third-order valence-corrected chi connectivity index (χ3v) is 2.43. The molecule has 0 heterocycles. The Labute approximate surface area is 66.4 Å². The first-order valence-corrected chi connectivity index (χ1v) is 3.74. The molecule has 0 saturated carbocycles. The second-order valence-corrected chi connectivity index (χ2v) is 3.38. The molecular weight excluding hydrogens is 140 g/mol. The average Bonchev–Trinajstić information content (AvgIpc) is 1.95. The molecule has 0 aromatic heterocycles. The smallest absolute Gasteiger partial charge is 0.178 e. The highest BCUT2D eigenvalue weighted by Gasteiger charge is 2.30. The van der Waals surface area contributed by atoms with Crippen LogP contribution in [-0.4, -0.2) is 11.3 Å². The molecule has 0 aromatic rings. The van der Waals surface area contributed by atoms with Crippen LogP contribution in [0.5, 0.6) is 0 Å². The second-order valence-electron chi connectivity index (χ2n) is 3.38. The van der Waals surface area contributed by atoms with Crippen LogP contribution in [0.15, 0.2) is 11.3 Å². The summed E-state index contributed by atoms with van der Waals surface area (Å²) in [6.45, 7) is 3.73. The van der Waals surface area contributed by atoms with Gasteiger partial charge in [-0.25, -0.2) is 0 Å². The zero-order chi connectivity index (χ0) is 8.65. The van der Waals surface area contributed by atoms with E-state index in [0.717, 1.165) is 5.57 Å². The Morgan fingerprint density at radius 2 is 2.09 bits per heavy atom. The van der Waals surface area contributed by atoms with Gasteiger partial charge >= 0.3 is 0 Å². The van der Waals surface area contributed by atoms with E-state index in [4.69, 9.17) is 11.5 Å². The summed E-state index contributed by atoms with van der Waals surface area (Å²) in [6.07, 6.45) is 1.19. The Hall–Kier alpha value is -0.830. The SMILES string of the molecule is CC1=C(N)C(=O)CC[C@@]1(C)N. The molecule has 1 aliphatic carbocycles. The molecule has 3 nitrogen and oxygen atoms in total. The van der Waals surface area contributed by atoms with E-state index in [1.54, 1.807) is 0 Å². The summed E-state index contributed by atoms with van der Waals surface area (Å²) in [6, 6.07) is 0. The average molecular weight is 154 g/mol. The van der Waals surface area contributed by atoms with E-state index in [-0.39, 0.29) is 11.3 Å². The fourth-order valence-electron chi connectivity index (χ4n) is 1.21. The fourth-order valence-corrected chi connectivity index (χ4v) is 1.21. The van der Waals surface area contributed by atoms with Crippen molar-refractivity contribution in [3.63, 3.8) is 0 Å². The highest BCUT2D eigenvalue weighted by Crippen LogP contribution is 2.26. The summed E-state index contributed by atoms with van der Waals surface area (Å²) in [4.78, 5) is 11.1. The zero-order valence-corrected chi connectivity index (χ0v) is 6.98. The van der Waals surface area contributed by atoms with Gasteiger partial charge in [0.1, 0.15) is 0 Å². The second kappa shape index (κ2) is 2.34. The molecule has 0 fully saturated rings. The maximum Gasteiger partial charge on any atom is 0.178 e. The van der Waals surface area contributed by atoms with Crippen molar-refractivity contribution in [1.82, 2.24) is 0 Å². The Kier molecular flexibility index (Phi) is 1.76. The number of nitrogens with two attached hydrogens (primary N) is 2. The number of allylic oxidation sites excluding steroid dienone is 1. The monoisotopic (exact) mass is 154 g/mol. The molecule has 0 bridgehead atoms. The first-order valence-electron chi connectivity index (χ1n) is 3.74. The highest BCUT2D eigenvalue weighted by atomic mass is 16.1. The van der Waals surface area contributed by atoms with Gasteiger partial charge in [0.2, 0.25) is 0 Å². The lowest BCUT2D eigenvalue weighted by atomic mass is 9.81. The van der Waals surface area contributed by atoms with Crippen LogP contribution in [0.2, 0.25) is 0 Å². The summed E-state index contributed by atoms with van der Waals surface area (Å²) < 4.78 is 0. The Morgan fingerprint density at radius 1 is 1.55 bits per heavy atom. The topological polar surface area (TPSA) is 69.1 Å². The third kappa shape index (κ3) is 1.28. The van der Waals surface area contributed by atoms with Gasteiger partial charge in [-0.15, -0.1) is 0 Å². The molecule has 11 heavy (non-hydrogen) atoms. The third-order valence-electron chi connectivity index (χ3n) is 2.43. The minimum atomic E-state index is -0.377.